The minimum Gasteiger partial charge on any atom is -0.508 e. The number of phenols is 1. The SMILES string of the molecule is CCC1=C2[C@@H](CC/C(=C/c3ccc(O)cc3Cl)c3ccccn3)OC[C@@H]2S(=O)(=O)C1. The number of fused-ring (bicyclic) bond motifs is 1. The number of ether oxygens (including phenoxy) is 1. The molecule has 2 aliphatic rings. The van der Waals surface area contributed by atoms with Crippen LogP contribution in [0, 0.1) is 0 Å². The van der Waals surface area contributed by atoms with Crippen LogP contribution in [0.2, 0.25) is 5.02 Å². The molecule has 3 heterocycles. The zero-order valence-corrected chi connectivity index (χ0v) is 18.3. The summed E-state index contributed by atoms with van der Waals surface area (Å²) in [5, 5.41) is 9.60. The molecule has 0 bridgehead atoms. The summed E-state index contributed by atoms with van der Waals surface area (Å²) in [6.07, 6.45) is 5.58. The van der Waals surface area contributed by atoms with Crippen molar-refractivity contribution in [3.8, 4) is 5.75 Å². The maximum atomic E-state index is 12.4. The van der Waals surface area contributed by atoms with Crippen LogP contribution in [0.25, 0.3) is 11.6 Å². The summed E-state index contributed by atoms with van der Waals surface area (Å²) in [5.74, 6) is 0.276. The summed E-state index contributed by atoms with van der Waals surface area (Å²) >= 11 is 6.31. The van der Waals surface area contributed by atoms with E-state index in [2.05, 4.69) is 4.98 Å². The number of rotatable bonds is 6. The predicted molar refractivity (Wildman–Crippen MR) is 119 cm³/mol. The predicted octanol–water partition coefficient (Wildman–Crippen LogP) is 4.66. The van der Waals surface area contributed by atoms with Gasteiger partial charge in [-0.15, -0.1) is 0 Å². The van der Waals surface area contributed by atoms with Crippen molar-refractivity contribution in [2.45, 2.75) is 37.5 Å². The van der Waals surface area contributed by atoms with Gasteiger partial charge in [0.25, 0.3) is 0 Å². The summed E-state index contributed by atoms with van der Waals surface area (Å²) < 4.78 is 30.8. The molecule has 1 saturated heterocycles. The molecule has 0 spiro atoms. The fraction of sp³-hybridized carbons (Fsp3) is 0.348. The summed E-state index contributed by atoms with van der Waals surface area (Å²) in [4.78, 5) is 4.48. The standard InChI is InChI=1S/C23H24ClNO4S/c1-2-15-14-30(27,28)22-13-29-21(23(15)22)9-7-17(20-5-3-4-10-25-20)11-16-6-8-18(26)12-19(16)24/h3-6,8,10-12,21-22,26H,2,7,9,13-14H2,1H3/b17-11-/t21-,22+/m1/s1. The van der Waals surface area contributed by atoms with E-state index in [0.717, 1.165) is 34.4 Å². The van der Waals surface area contributed by atoms with Crippen molar-refractivity contribution in [2.24, 2.45) is 0 Å². The van der Waals surface area contributed by atoms with E-state index in [0.29, 0.717) is 17.9 Å². The lowest BCUT2D eigenvalue weighted by Gasteiger charge is -2.15. The van der Waals surface area contributed by atoms with Gasteiger partial charge in [-0.2, -0.15) is 0 Å². The third-order valence-corrected chi connectivity index (χ3v) is 8.11. The zero-order chi connectivity index (χ0) is 21.3. The Labute approximate surface area is 182 Å². The highest BCUT2D eigenvalue weighted by Crippen LogP contribution is 2.40. The number of pyridine rings is 1. The number of hydrogen-bond donors (Lipinski definition) is 1. The number of aromatic hydroxyl groups is 1. The lowest BCUT2D eigenvalue weighted by Crippen LogP contribution is -2.19. The van der Waals surface area contributed by atoms with E-state index in [4.69, 9.17) is 16.3 Å². The van der Waals surface area contributed by atoms with Crippen molar-refractivity contribution in [1.82, 2.24) is 4.98 Å². The third-order valence-electron chi connectivity index (χ3n) is 5.77. The highest BCUT2D eigenvalue weighted by molar-refractivity contribution is 7.92. The van der Waals surface area contributed by atoms with Crippen molar-refractivity contribution in [2.75, 3.05) is 12.4 Å². The number of allylic oxidation sites excluding steroid dienone is 1. The van der Waals surface area contributed by atoms with Crippen molar-refractivity contribution in [3.05, 3.63) is 70.0 Å². The number of halogens is 1. The van der Waals surface area contributed by atoms with Gasteiger partial charge in [-0.1, -0.05) is 30.2 Å². The second-order valence-corrected chi connectivity index (χ2v) is 10.2. The molecule has 1 aromatic heterocycles. The molecule has 2 aliphatic heterocycles. The summed E-state index contributed by atoms with van der Waals surface area (Å²) in [5.41, 5.74) is 4.58. The van der Waals surface area contributed by atoms with Crippen molar-refractivity contribution in [1.29, 1.82) is 0 Å². The van der Waals surface area contributed by atoms with Gasteiger partial charge in [0.05, 0.1) is 29.2 Å². The average molecular weight is 446 g/mol. The number of hydrogen-bond acceptors (Lipinski definition) is 5. The van der Waals surface area contributed by atoms with Crippen LogP contribution in [0.4, 0.5) is 0 Å². The van der Waals surface area contributed by atoms with Crippen LogP contribution < -0.4 is 0 Å². The highest BCUT2D eigenvalue weighted by Gasteiger charge is 2.46. The Kier molecular flexibility index (Phi) is 6.00. The lowest BCUT2D eigenvalue weighted by atomic mass is 9.94. The maximum absolute atomic E-state index is 12.4. The monoisotopic (exact) mass is 445 g/mol. The van der Waals surface area contributed by atoms with Crippen LogP contribution in [0.5, 0.6) is 5.75 Å². The van der Waals surface area contributed by atoms with E-state index in [9.17, 15) is 13.5 Å². The van der Waals surface area contributed by atoms with E-state index in [1.165, 1.54) is 6.07 Å². The van der Waals surface area contributed by atoms with Crippen molar-refractivity contribution in [3.63, 3.8) is 0 Å². The molecule has 0 amide bonds. The molecule has 2 atom stereocenters. The Hall–Kier alpha value is -2.15. The molecular formula is C23H24ClNO4S. The van der Waals surface area contributed by atoms with Gasteiger partial charge in [0.2, 0.25) is 0 Å². The molecule has 1 aromatic carbocycles. The Morgan fingerprint density at radius 3 is 2.87 bits per heavy atom. The Balaban J connectivity index is 1.62. The van der Waals surface area contributed by atoms with E-state index in [-0.39, 0.29) is 24.2 Å². The van der Waals surface area contributed by atoms with Crippen LogP contribution in [0.15, 0.2) is 53.7 Å². The Bertz CT molecular complexity index is 1110. The van der Waals surface area contributed by atoms with Crippen LogP contribution in [0.1, 0.15) is 37.4 Å². The van der Waals surface area contributed by atoms with Gasteiger partial charge in [0, 0.05) is 6.20 Å². The van der Waals surface area contributed by atoms with Gasteiger partial charge in [0.1, 0.15) is 11.0 Å². The molecule has 7 heteroatoms. The number of aromatic nitrogens is 1. The first-order valence-corrected chi connectivity index (χ1v) is 12.1. The normalized spacial score (nSPS) is 23.1. The molecule has 0 unspecified atom stereocenters. The third kappa shape index (κ3) is 4.17. The topological polar surface area (TPSA) is 76.5 Å². The number of nitrogens with zero attached hydrogens (tertiary/aromatic N) is 1. The number of sulfone groups is 1. The molecule has 4 rings (SSSR count). The van der Waals surface area contributed by atoms with Gasteiger partial charge in [-0.05, 0) is 72.4 Å². The van der Waals surface area contributed by atoms with E-state index >= 15 is 0 Å². The molecule has 158 valence electrons. The molecule has 1 N–H and O–H groups in total. The average Bonchev–Trinajstić information content (AvgIpc) is 3.26. The quantitative estimate of drug-likeness (QED) is 0.654. The van der Waals surface area contributed by atoms with Gasteiger partial charge in [0.15, 0.2) is 9.84 Å². The smallest absolute Gasteiger partial charge is 0.163 e. The molecule has 0 aliphatic carbocycles. The Morgan fingerprint density at radius 1 is 1.33 bits per heavy atom. The maximum Gasteiger partial charge on any atom is 0.163 e. The summed E-state index contributed by atoms with van der Waals surface area (Å²) in [6, 6.07) is 10.6. The summed E-state index contributed by atoms with van der Waals surface area (Å²) in [6.45, 7) is 2.25. The van der Waals surface area contributed by atoms with Gasteiger partial charge >= 0.3 is 0 Å². The van der Waals surface area contributed by atoms with E-state index < -0.39 is 15.1 Å². The minimum atomic E-state index is -3.13. The first-order chi connectivity index (χ1) is 14.4. The second-order valence-electron chi connectivity index (χ2n) is 7.66. The molecule has 1 fully saturated rings. The fourth-order valence-electron chi connectivity index (χ4n) is 4.25. The number of phenolic OH excluding ortho intramolecular Hbond substituents is 1. The molecule has 2 aromatic rings. The first kappa shape index (κ1) is 21.1. The molecule has 30 heavy (non-hydrogen) atoms. The largest absolute Gasteiger partial charge is 0.508 e. The fourth-order valence-corrected chi connectivity index (χ4v) is 6.53. The van der Waals surface area contributed by atoms with Gasteiger partial charge in [-0.25, -0.2) is 8.42 Å². The minimum absolute atomic E-state index is 0.114. The first-order valence-electron chi connectivity index (χ1n) is 10.0. The van der Waals surface area contributed by atoms with Crippen LogP contribution in [-0.2, 0) is 14.6 Å². The van der Waals surface area contributed by atoms with Crippen LogP contribution >= 0.6 is 11.6 Å². The summed E-state index contributed by atoms with van der Waals surface area (Å²) in [7, 11) is -3.13. The van der Waals surface area contributed by atoms with Crippen LogP contribution in [0.3, 0.4) is 0 Å². The highest BCUT2D eigenvalue weighted by atomic mass is 35.5. The van der Waals surface area contributed by atoms with Gasteiger partial charge < -0.3 is 9.84 Å². The molecule has 0 radical (unpaired) electrons. The van der Waals surface area contributed by atoms with E-state index in [1.54, 1.807) is 18.3 Å². The second kappa shape index (κ2) is 8.53. The molecule has 0 saturated carbocycles. The molecular weight excluding hydrogens is 422 g/mol. The van der Waals surface area contributed by atoms with E-state index in [1.807, 2.05) is 31.2 Å². The molecule has 5 nitrogen and oxygen atoms in total. The zero-order valence-electron chi connectivity index (χ0n) is 16.7. The Morgan fingerprint density at radius 2 is 2.17 bits per heavy atom. The number of benzene rings is 1. The van der Waals surface area contributed by atoms with Gasteiger partial charge in [-0.3, -0.25) is 4.98 Å². The van der Waals surface area contributed by atoms with Crippen LogP contribution in [-0.4, -0.2) is 42.2 Å². The van der Waals surface area contributed by atoms with Crippen molar-refractivity contribution >= 4 is 33.1 Å². The lowest BCUT2D eigenvalue weighted by molar-refractivity contribution is 0.118. The van der Waals surface area contributed by atoms with Crippen molar-refractivity contribution < 1.29 is 18.3 Å².